The first-order chi connectivity index (χ1) is 11.0. The zero-order valence-electron chi connectivity index (χ0n) is 15.3. The van der Waals surface area contributed by atoms with Gasteiger partial charge in [0, 0.05) is 9.79 Å². The molecule has 1 aromatic carbocycles. The van der Waals surface area contributed by atoms with Crippen molar-refractivity contribution in [1.82, 2.24) is 0 Å². The van der Waals surface area contributed by atoms with Crippen molar-refractivity contribution in [1.29, 1.82) is 0 Å². The summed E-state index contributed by atoms with van der Waals surface area (Å²) < 4.78 is 18.7. The van der Waals surface area contributed by atoms with Gasteiger partial charge in [-0.15, -0.1) is 0 Å². The normalized spacial score (nSPS) is 21.4. The number of esters is 1. The molecule has 1 aliphatic heterocycles. The molecule has 1 fully saturated rings. The summed E-state index contributed by atoms with van der Waals surface area (Å²) in [5.74, 6) is -0.255. The van der Waals surface area contributed by atoms with Gasteiger partial charge in [-0.3, -0.25) is 4.79 Å². The van der Waals surface area contributed by atoms with Crippen LogP contribution < -0.4 is 0 Å². The third kappa shape index (κ3) is 3.71. The van der Waals surface area contributed by atoms with E-state index in [1.165, 1.54) is 0 Å². The number of ether oxygens (including phenoxy) is 1. The van der Waals surface area contributed by atoms with Crippen molar-refractivity contribution in [3.05, 3.63) is 34.3 Å². The Labute approximate surface area is 153 Å². The summed E-state index contributed by atoms with van der Waals surface area (Å²) in [4.78, 5) is 12.3. The molecule has 2 rings (SSSR count). The minimum absolute atomic E-state index is 0.189. The van der Waals surface area contributed by atoms with E-state index in [-0.39, 0.29) is 12.4 Å². The molecule has 4 nitrogen and oxygen atoms in total. The monoisotopic (exact) mass is 396 g/mol. The molecule has 0 unspecified atom stereocenters. The van der Waals surface area contributed by atoms with Gasteiger partial charge in [-0.1, -0.05) is 35.0 Å². The van der Waals surface area contributed by atoms with Gasteiger partial charge < -0.3 is 14.0 Å². The van der Waals surface area contributed by atoms with Crippen LogP contribution in [0.4, 0.5) is 0 Å². The largest absolute Gasteiger partial charge is 0.469 e. The van der Waals surface area contributed by atoms with Gasteiger partial charge >= 0.3 is 13.1 Å². The minimum Gasteiger partial charge on any atom is -0.466 e. The maximum absolute atomic E-state index is 12.3. The van der Waals surface area contributed by atoms with Gasteiger partial charge in [-0.25, -0.2) is 0 Å². The van der Waals surface area contributed by atoms with Crippen LogP contribution in [0.25, 0.3) is 0 Å². The maximum Gasteiger partial charge on any atom is 0.469 e. The van der Waals surface area contributed by atoms with Crippen molar-refractivity contribution < 1.29 is 18.8 Å². The van der Waals surface area contributed by atoms with Gasteiger partial charge in [0.05, 0.1) is 24.2 Å². The summed E-state index contributed by atoms with van der Waals surface area (Å²) in [6, 6.07) is 7.91. The molecule has 1 heterocycles. The van der Waals surface area contributed by atoms with Gasteiger partial charge in [-0.2, -0.15) is 0 Å². The summed E-state index contributed by atoms with van der Waals surface area (Å²) in [5.41, 5.74) is 0.0579. The van der Waals surface area contributed by atoms with E-state index in [1.54, 1.807) is 0 Å². The molecule has 1 aliphatic rings. The van der Waals surface area contributed by atoms with Crippen molar-refractivity contribution in [2.45, 2.75) is 64.5 Å². The van der Waals surface area contributed by atoms with Gasteiger partial charge in [0.2, 0.25) is 0 Å². The second-order valence-electron chi connectivity index (χ2n) is 7.50. The molecule has 0 spiro atoms. The highest BCUT2D eigenvalue weighted by Crippen LogP contribution is 2.44. The number of benzene rings is 1. The van der Waals surface area contributed by atoms with Crippen LogP contribution in [0.3, 0.4) is 0 Å². The van der Waals surface area contributed by atoms with Crippen LogP contribution in [-0.2, 0) is 24.2 Å². The summed E-state index contributed by atoms with van der Waals surface area (Å²) in [6.45, 7) is 12.2. The van der Waals surface area contributed by atoms with Crippen LogP contribution in [-0.4, -0.2) is 30.9 Å². The molecule has 0 aliphatic carbocycles. The lowest BCUT2D eigenvalue weighted by atomic mass is 9.53. The molecule has 132 valence electrons. The molecule has 1 saturated heterocycles. The van der Waals surface area contributed by atoms with Crippen molar-refractivity contribution in [3.8, 4) is 0 Å². The first-order valence-electron chi connectivity index (χ1n) is 8.29. The predicted octanol–water partition coefficient (Wildman–Crippen LogP) is 4.29. The summed E-state index contributed by atoms with van der Waals surface area (Å²) >= 11 is 3.51. The molecule has 0 amide bonds. The molecule has 1 aromatic rings. The number of carbonyl (C=O) groups excluding carboxylic acids is 1. The van der Waals surface area contributed by atoms with Crippen LogP contribution in [0.15, 0.2) is 28.7 Å². The van der Waals surface area contributed by atoms with Crippen molar-refractivity contribution in [3.63, 3.8) is 0 Å². The van der Waals surface area contributed by atoms with E-state index in [4.69, 9.17) is 14.0 Å². The molecular formula is C18H26BBrO4. The average molecular weight is 397 g/mol. The lowest BCUT2D eigenvalue weighted by Gasteiger charge is -2.32. The summed E-state index contributed by atoms with van der Waals surface area (Å²) in [6.07, 6.45) is 0.189. The Balaban J connectivity index is 2.42. The van der Waals surface area contributed by atoms with E-state index >= 15 is 0 Å². The molecule has 1 atom stereocenters. The highest BCUT2D eigenvalue weighted by atomic mass is 79.9. The van der Waals surface area contributed by atoms with E-state index in [1.807, 2.05) is 65.8 Å². The van der Waals surface area contributed by atoms with Crippen molar-refractivity contribution in [2.24, 2.45) is 0 Å². The lowest BCUT2D eigenvalue weighted by molar-refractivity contribution is -0.144. The van der Waals surface area contributed by atoms with Gasteiger partial charge in [0.1, 0.15) is 0 Å². The van der Waals surface area contributed by atoms with Crippen molar-refractivity contribution >= 4 is 29.0 Å². The van der Waals surface area contributed by atoms with E-state index < -0.39 is 23.6 Å². The van der Waals surface area contributed by atoms with Gasteiger partial charge in [0.15, 0.2) is 0 Å². The van der Waals surface area contributed by atoms with Crippen LogP contribution >= 0.6 is 15.9 Å². The number of hydrogen-bond donors (Lipinski definition) is 0. The number of halogens is 1. The molecule has 6 heteroatoms. The van der Waals surface area contributed by atoms with E-state index in [9.17, 15) is 4.79 Å². The zero-order chi connectivity index (χ0) is 18.2. The van der Waals surface area contributed by atoms with E-state index in [0.717, 1.165) is 10.0 Å². The first-order valence-corrected chi connectivity index (χ1v) is 9.08. The second-order valence-corrected chi connectivity index (χ2v) is 8.41. The number of hydrogen-bond acceptors (Lipinski definition) is 4. The first kappa shape index (κ1) is 19.5. The highest BCUT2D eigenvalue weighted by molar-refractivity contribution is 9.10. The molecule has 24 heavy (non-hydrogen) atoms. The Hall–Kier alpha value is -0.845. The third-order valence-electron chi connectivity index (χ3n) is 5.07. The Kier molecular flexibility index (Phi) is 5.53. The van der Waals surface area contributed by atoms with Crippen LogP contribution in [0.2, 0.25) is 0 Å². The third-order valence-corrected chi connectivity index (χ3v) is 5.57. The second kappa shape index (κ2) is 6.81. The Bertz CT molecular complexity index is 601. The maximum atomic E-state index is 12.3. The van der Waals surface area contributed by atoms with Gasteiger partial charge in [0.25, 0.3) is 0 Å². The molecule has 0 N–H and O–H groups in total. The number of rotatable bonds is 5. The fourth-order valence-electron chi connectivity index (χ4n) is 2.78. The van der Waals surface area contributed by atoms with Crippen molar-refractivity contribution in [2.75, 3.05) is 6.61 Å². The fourth-order valence-corrected chi connectivity index (χ4v) is 3.18. The van der Waals surface area contributed by atoms with E-state index in [2.05, 4.69) is 15.9 Å². The molecule has 0 bridgehead atoms. The Morgan fingerprint density at radius 3 is 2.33 bits per heavy atom. The standard InChI is InChI=1S/C18H26BBrO4/c1-7-22-15(21)12-18(6,13-9-8-10-14(20)11-13)19-23-16(2,3)17(4,5)24-19/h8-11H,7,12H2,1-6H3/t18-/m1/s1. The molecule has 0 aromatic heterocycles. The highest BCUT2D eigenvalue weighted by Gasteiger charge is 2.59. The molecule has 0 radical (unpaired) electrons. The summed E-state index contributed by atoms with van der Waals surface area (Å²) in [7, 11) is -0.541. The molecular weight excluding hydrogens is 371 g/mol. The SMILES string of the molecule is CCOC(=O)C[C@@](C)(B1OC(C)(C)C(C)(C)O1)c1cccc(Br)c1. The van der Waals surface area contributed by atoms with E-state index in [0.29, 0.717) is 6.61 Å². The summed E-state index contributed by atoms with van der Waals surface area (Å²) in [5, 5.41) is -0.652. The zero-order valence-corrected chi connectivity index (χ0v) is 16.9. The topological polar surface area (TPSA) is 44.8 Å². The molecule has 0 saturated carbocycles. The van der Waals surface area contributed by atoms with Crippen LogP contribution in [0, 0.1) is 0 Å². The Morgan fingerprint density at radius 1 is 1.25 bits per heavy atom. The minimum atomic E-state index is -0.652. The smallest absolute Gasteiger partial charge is 0.466 e. The Morgan fingerprint density at radius 2 is 1.83 bits per heavy atom. The van der Waals surface area contributed by atoms with Crippen LogP contribution in [0.5, 0.6) is 0 Å². The van der Waals surface area contributed by atoms with Gasteiger partial charge in [-0.05, 0) is 52.3 Å². The number of carbonyl (C=O) groups is 1. The fraction of sp³-hybridized carbons (Fsp3) is 0.611. The lowest BCUT2D eigenvalue weighted by Crippen LogP contribution is -2.45. The van der Waals surface area contributed by atoms with Crippen LogP contribution in [0.1, 0.15) is 53.5 Å². The average Bonchev–Trinajstić information content (AvgIpc) is 2.68. The predicted molar refractivity (Wildman–Crippen MR) is 98.8 cm³/mol. The quantitative estimate of drug-likeness (QED) is 0.550.